The molecule has 0 spiro atoms. The number of rotatable bonds is 4. The zero-order valence-electron chi connectivity index (χ0n) is 9.69. The van der Waals surface area contributed by atoms with Crippen molar-refractivity contribution >= 4 is 0 Å². The van der Waals surface area contributed by atoms with Crippen LogP contribution in [-0.2, 0) is 0 Å². The zero-order valence-corrected chi connectivity index (χ0v) is 9.69. The summed E-state index contributed by atoms with van der Waals surface area (Å²) in [6.45, 7) is 11.8. The fraction of sp³-hybridized carbons (Fsp3) is 1.00. The molecule has 1 saturated carbocycles. The molecular weight excluding hydrogens is 158 g/mol. The molecule has 1 unspecified atom stereocenters. The lowest BCUT2D eigenvalue weighted by molar-refractivity contribution is 0.249. The highest BCUT2D eigenvalue weighted by Crippen LogP contribution is 2.41. The molecule has 0 aromatic heterocycles. The quantitative estimate of drug-likeness (QED) is 0.706. The second-order valence-electron chi connectivity index (χ2n) is 5.63. The van der Waals surface area contributed by atoms with E-state index >= 15 is 0 Å². The minimum atomic E-state index is 0.587. The maximum atomic E-state index is 3.58. The van der Waals surface area contributed by atoms with Gasteiger partial charge < -0.3 is 5.32 Å². The molecule has 0 saturated heterocycles. The van der Waals surface area contributed by atoms with Crippen LogP contribution >= 0.6 is 0 Å². The number of hydrogen-bond donors (Lipinski definition) is 1. The lowest BCUT2D eigenvalue weighted by Gasteiger charge is -2.27. The van der Waals surface area contributed by atoms with E-state index in [0.717, 1.165) is 11.8 Å². The number of hydrogen-bond acceptors (Lipinski definition) is 1. The van der Waals surface area contributed by atoms with Gasteiger partial charge in [0.15, 0.2) is 0 Å². The van der Waals surface area contributed by atoms with Crippen LogP contribution in [0.2, 0.25) is 0 Å². The summed E-state index contributed by atoms with van der Waals surface area (Å²) in [7, 11) is 0. The van der Waals surface area contributed by atoms with Crippen LogP contribution in [0.1, 0.15) is 47.0 Å². The third-order valence-electron chi connectivity index (χ3n) is 3.42. The molecule has 1 nitrogen and oxygen atoms in total. The highest BCUT2D eigenvalue weighted by molar-refractivity contribution is 4.85. The fourth-order valence-corrected chi connectivity index (χ4v) is 2.32. The first-order valence-corrected chi connectivity index (χ1v) is 5.73. The van der Waals surface area contributed by atoms with Crippen molar-refractivity contribution in [1.29, 1.82) is 0 Å². The Balaban J connectivity index is 2.21. The SMILES string of the molecule is CC(C)CNCC1CCCC1(C)C. The van der Waals surface area contributed by atoms with Crippen LogP contribution < -0.4 is 5.32 Å². The van der Waals surface area contributed by atoms with E-state index in [1.54, 1.807) is 0 Å². The van der Waals surface area contributed by atoms with E-state index in [0.29, 0.717) is 5.41 Å². The molecule has 1 rings (SSSR count). The predicted octanol–water partition coefficient (Wildman–Crippen LogP) is 3.06. The van der Waals surface area contributed by atoms with Gasteiger partial charge in [-0.25, -0.2) is 0 Å². The van der Waals surface area contributed by atoms with Crippen LogP contribution in [0.15, 0.2) is 0 Å². The van der Waals surface area contributed by atoms with E-state index in [-0.39, 0.29) is 0 Å². The molecule has 1 heteroatoms. The van der Waals surface area contributed by atoms with Gasteiger partial charge in [0.25, 0.3) is 0 Å². The van der Waals surface area contributed by atoms with E-state index < -0.39 is 0 Å². The van der Waals surface area contributed by atoms with Gasteiger partial charge in [0.05, 0.1) is 0 Å². The average molecular weight is 183 g/mol. The van der Waals surface area contributed by atoms with E-state index in [4.69, 9.17) is 0 Å². The van der Waals surface area contributed by atoms with Crippen LogP contribution in [0.25, 0.3) is 0 Å². The van der Waals surface area contributed by atoms with Gasteiger partial charge in [0.1, 0.15) is 0 Å². The topological polar surface area (TPSA) is 12.0 Å². The summed E-state index contributed by atoms with van der Waals surface area (Å²) in [5.74, 6) is 1.69. The van der Waals surface area contributed by atoms with Crippen molar-refractivity contribution in [2.24, 2.45) is 17.3 Å². The Morgan fingerprint density at radius 2 is 2.08 bits per heavy atom. The summed E-state index contributed by atoms with van der Waals surface area (Å²) in [6.07, 6.45) is 4.28. The van der Waals surface area contributed by atoms with Crippen LogP contribution in [-0.4, -0.2) is 13.1 Å². The van der Waals surface area contributed by atoms with Crippen molar-refractivity contribution < 1.29 is 0 Å². The Hall–Kier alpha value is -0.0400. The molecule has 1 fully saturated rings. The van der Waals surface area contributed by atoms with E-state index in [1.807, 2.05) is 0 Å². The Morgan fingerprint density at radius 1 is 1.38 bits per heavy atom. The monoisotopic (exact) mass is 183 g/mol. The van der Waals surface area contributed by atoms with Gasteiger partial charge in [0, 0.05) is 0 Å². The molecule has 0 radical (unpaired) electrons. The fourth-order valence-electron chi connectivity index (χ4n) is 2.32. The molecule has 1 atom stereocenters. The third kappa shape index (κ3) is 3.30. The Bertz CT molecular complexity index is 149. The third-order valence-corrected chi connectivity index (χ3v) is 3.42. The maximum Gasteiger partial charge on any atom is -0.00153 e. The van der Waals surface area contributed by atoms with Crippen molar-refractivity contribution in [3.63, 3.8) is 0 Å². The van der Waals surface area contributed by atoms with Crippen molar-refractivity contribution in [3.05, 3.63) is 0 Å². The van der Waals surface area contributed by atoms with E-state index in [2.05, 4.69) is 33.0 Å². The van der Waals surface area contributed by atoms with Crippen molar-refractivity contribution in [2.75, 3.05) is 13.1 Å². The van der Waals surface area contributed by atoms with Crippen LogP contribution in [0, 0.1) is 17.3 Å². The predicted molar refractivity (Wildman–Crippen MR) is 58.8 cm³/mol. The second-order valence-corrected chi connectivity index (χ2v) is 5.63. The molecule has 0 aliphatic heterocycles. The molecule has 1 N–H and O–H groups in total. The summed E-state index contributed by atoms with van der Waals surface area (Å²) in [5.41, 5.74) is 0.587. The maximum absolute atomic E-state index is 3.58. The second kappa shape index (κ2) is 4.45. The highest BCUT2D eigenvalue weighted by Gasteiger charge is 2.33. The Kier molecular flexibility index (Phi) is 3.78. The van der Waals surface area contributed by atoms with Gasteiger partial charge >= 0.3 is 0 Å². The standard InChI is InChI=1S/C12H25N/c1-10(2)8-13-9-11-6-5-7-12(11,3)4/h10-11,13H,5-9H2,1-4H3. The molecule has 78 valence electrons. The summed E-state index contributed by atoms with van der Waals surface area (Å²) < 4.78 is 0. The highest BCUT2D eigenvalue weighted by atomic mass is 14.9. The Morgan fingerprint density at radius 3 is 2.54 bits per heavy atom. The average Bonchev–Trinajstić information content (AvgIpc) is 2.30. The van der Waals surface area contributed by atoms with Crippen LogP contribution in [0.3, 0.4) is 0 Å². The minimum absolute atomic E-state index is 0.587. The Labute approximate surface area is 83.3 Å². The van der Waals surface area contributed by atoms with Gasteiger partial charge in [-0.05, 0) is 43.2 Å². The van der Waals surface area contributed by atoms with Gasteiger partial charge in [-0.1, -0.05) is 34.1 Å². The first-order chi connectivity index (χ1) is 6.02. The zero-order chi connectivity index (χ0) is 9.90. The summed E-state index contributed by atoms with van der Waals surface area (Å²) in [5, 5.41) is 3.58. The summed E-state index contributed by atoms with van der Waals surface area (Å²) >= 11 is 0. The van der Waals surface area contributed by atoms with Crippen molar-refractivity contribution in [3.8, 4) is 0 Å². The van der Waals surface area contributed by atoms with E-state index in [1.165, 1.54) is 32.4 Å². The molecule has 0 aromatic rings. The lowest BCUT2D eigenvalue weighted by Crippen LogP contribution is -2.31. The molecule has 0 bridgehead atoms. The van der Waals surface area contributed by atoms with Crippen molar-refractivity contribution in [2.45, 2.75) is 47.0 Å². The normalized spacial score (nSPS) is 27.0. The first kappa shape index (κ1) is 11.0. The smallest absolute Gasteiger partial charge is 0.00153 e. The van der Waals surface area contributed by atoms with Crippen LogP contribution in [0.5, 0.6) is 0 Å². The first-order valence-electron chi connectivity index (χ1n) is 5.73. The van der Waals surface area contributed by atoms with Gasteiger partial charge in [-0.15, -0.1) is 0 Å². The summed E-state index contributed by atoms with van der Waals surface area (Å²) in [6, 6.07) is 0. The van der Waals surface area contributed by atoms with Gasteiger partial charge in [-0.2, -0.15) is 0 Å². The molecular formula is C12H25N. The minimum Gasteiger partial charge on any atom is -0.316 e. The molecule has 1 aliphatic carbocycles. The van der Waals surface area contributed by atoms with Crippen molar-refractivity contribution in [1.82, 2.24) is 5.32 Å². The molecule has 0 amide bonds. The molecule has 13 heavy (non-hydrogen) atoms. The molecule has 1 aliphatic rings. The lowest BCUT2D eigenvalue weighted by atomic mass is 9.82. The van der Waals surface area contributed by atoms with Gasteiger partial charge in [-0.3, -0.25) is 0 Å². The largest absolute Gasteiger partial charge is 0.316 e. The molecule has 0 heterocycles. The van der Waals surface area contributed by atoms with Gasteiger partial charge in [0.2, 0.25) is 0 Å². The number of nitrogens with one attached hydrogen (secondary N) is 1. The summed E-state index contributed by atoms with van der Waals surface area (Å²) in [4.78, 5) is 0. The molecule has 0 aromatic carbocycles. The van der Waals surface area contributed by atoms with E-state index in [9.17, 15) is 0 Å². The van der Waals surface area contributed by atoms with Crippen LogP contribution in [0.4, 0.5) is 0 Å².